The Morgan fingerprint density at radius 2 is 1.81 bits per heavy atom. The number of rotatable bonds is 7. The number of carbonyl (C=O) groups excluding carboxylic acids is 2. The number of nitrogens with zero attached hydrogens (tertiary/aromatic N) is 2. The summed E-state index contributed by atoms with van der Waals surface area (Å²) in [5.41, 5.74) is 4.43. The van der Waals surface area contributed by atoms with E-state index in [1.165, 1.54) is 12.3 Å². The van der Waals surface area contributed by atoms with Crippen LogP contribution < -0.4 is 15.5 Å². The molecule has 32 heavy (non-hydrogen) atoms. The van der Waals surface area contributed by atoms with E-state index in [1.807, 2.05) is 6.07 Å². The molecule has 3 aromatic rings. The van der Waals surface area contributed by atoms with Crippen molar-refractivity contribution in [3.05, 3.63) is 95.3 Å². The van der Waals surface area contributed by atoms with Crippen LogP contribution in [0.4, 0.5) is 10.1 Å². The van der Waals surface area contributed by atoms with Crippen molar-refractivity contribution in [1.29, 1.82) is 5.26 Å². The van der Waals surface area contributed by atoms with Crippen LogP contribution in [-0.2, 0) is 22.6 Å². The Hall–Kier alpha value is -4.51. The van der Waals surface area contributed by atoms with Crippen molar-refractivity contribution in [1.82, 2.24) is 5.43 Å². The Bertz CT molecular complexity index is 1170. The molecule has 0 bridgehead atoms. The van der Waals surface area contributed by atoms with Gasteiger partial charge in [0.2, 0.25) is 0 Å². The number of hydrogen-bond acceptors (Lipinski definition) is 5. The van der Waals surface area contributed by atoms with Gasteiger partial charge >= 0.3 is 11.8 Å². The molecule has 0 unspecified atom stereocenters. The summed E-state index contributed by atoms with van der Waals surface area (Å²) >= 11 is 0. The largest absolute Gasteiger partial charge is 0.489 e. The highest BCUT2D eigenvalue weighted by Gasteiger charge is 2.12. The monoisotopic (exact) mass is 430 g/mol. The van der Waals surface area contributed by atoms with Gasteiger partial charge in [-0.2, -0.15) is 10.4 Å². The maximum Gasteiger partial charge on any atom is 0.329 e. The number of carbonyl (C=O) groups is 2. The lowest BCUT2D eigenvalue weighted by molar-refractivity contribution is -0.136. The second-order valence-electron chi connectivity index (χ2n) is 6.64. The lowest BCUT2D eigenvalue weighted by Crippen LogP contribution is -2.32. The number of benzene rings is 3. The van der Waals surface area contributed by atoms with Crippen LogP contribution in [0, 0.1) is 17.1 Å². The fourth-order valence-corrected chi connectivity index (χ4v) is 2.66. The van der Waals surface area contributed by atoms with Gasteiger partial charge in [-0.05, 0) is 41.5 Å². The quantitative estimate of drug-likeness (QED) is 0.340. The standard InChI is InChI=1S/C24H19FN4O3/c25-22-7-2-1-5-19(22)16-32-21-6-3-4-18(14-21)15-27-29-24(31)23(30)28-20-10-8-17(9-11-20)12-13-26/h1-11,14-15H,12,16H2,(H,28,30)(H,29,31)/b27-15+. The Labute approximate surface area is 184 Å². The molecular formula is C24H19FN4O3. The van der Waals surface area contributed by atoms with Crippen LogP contribution in [0.5, 0.6) is 5.75 Å². The molecule has 3 aromatic carbocycles. The van der Waals surface area contributed by atoms with Crippen molar-refractivity contribution in [2.75, 3.05) is 5.32 Å². The van der Waals surface area contributed by atoms with Crippen molar-refractivity contribution in [3.63, 3.8) is 0 Å². The second-order valence-corrected chi connectivity index (χ2v) is 6.64. The van der Waals surface area contributed by atoms with Crippen LogP contribution >= 0.6 is 0 Å². The van der Waals surface area contributed by atoms with E-state index in [-0.39, 0.29) is 18.8 Å². The second kappa shape index (κ2) is 11.0. The van der Waals surface area contributed by atoms with E-state index in [1.54, 1.807) is 66.7 Å². The predicted octanol–water partition coefficient (Wildman–Crippen LogP) is 3.56. The maximum atomic E-state index is 13.7. The van der Waals surface area contributed by atoms with Crippen molar-refractivity contribution >= 4 is 23.7 Å². The molecule has 0 spiro atoms. The van der Waals surface area contributed by atoms with Gasteiger partial charge in [0, 0.05) is 11.3 Å². The molecule has 0 aromatic heterocycles. The molecule has 0 aliphatic carbocycles. The number of halogens is 1. The van der Waals surface area contributed by atoms with E-state index in [0.29, 0.717) is 22.6 Å². The average Bonchev–Trinajstić information content (AvgIpc) is 2.80. The fraction of sp³-hybridized carbons (Fsp3) is 0.0833. The van der Waals surface area contributed by atoms with Gasteiger partial charge in [0.25, 0.3) is 0 Å². The third kappa shape index (κ3) is 6.50. The minimum atomic E-state index is -0.936. The summed E-state index contributed by atoms with van der Waals surface area (Å²) in [6.45, 7) is 0.0711. The molecule has 2 N–H and O–H groups in total. The van der Waals surface area contributed by atoms with Gasteiger partial charge in [0.05, 0.1) is 18.7 Å². The molecule has 3 rings (SSSR count). The summed E-state index contributed by atoms with van der Waals surface area (Å²) in [6.07, 6.45) is 1.62. The molecule has 160 valence electrons. The lowest BCUT2D eigenvalue weighted by atomic mass is 10.1. The number of anilines is 1. The van der Waals surface area contributed by atoms with Crippen molar-refractivity contribution in [2.45, 2.75) is 13.0 Å². The highest BCUT2D eigenvalue weighted by atomic mass is 19.1. The summed E-state index contributed by atoms with van der Waals surface area (Å²) in [7, 11) is 0. The molecule has 0 fully saturated rings. The molecule has 7 nitrogen and oxygen atoms in total. The molecule has 0 saturated heterocycles. The summed E-state index contributed by atoms with van der Waals surface area (Å²) in [4.78, 5) is 23.9. The highest BCUT2D eigenvalue weighted by Crippen LogP contribution is 2.15. The Balaban J connectivity index is 1.51. The number of ether oxygens (including phenoxy) is 1. The first-order valence-electron chi connectivity index (χ1n) is 9.61. The number of hydrazone groups is 1. The van der Waals surface area contributed by atoms with E-state index in [2.05, 4.69) is 15.8 Å². The number of nitriles is 1. The van der Waals surface area contributed by atoms with Crippen LogP contribution in [0.2, 0.25) is 0 Å². The number of amides is 2. The van der Waals surface area contributed by atoms with Gasteiger partial charge in [-0.25, -0.2) is 9.82 Å². The molecular weight excluding hydrogens is 411 g/mol. The van der Waals surface area contributed by atoms with E-state index in [4.69, 9.17) is 10.00 Å². The van der Waals surface area contributed by atoms with E-state index >= 15 is 0 Å². The van der Waals surface area contributed by atoms with Crippen molar-refractivity contribution < 1.29 is 18.7 Å². The first-order chi connectivity index (χ1) is 15.5. The van der Waals surface area contributed by atoms with Crippen molar-refractivity contribution in [3.8, 4) is 11.8 Å². The minimum absolute atomic E-state index is 0.0711. The first kappa shape index (κ1) is 22.2. The summed E-state index contributed by atoms with van der Waals surface area (Å²) < 4.78 is 19.3. The van der Waals surface area contributed by atoms with E-state index < -0.39 is 11.8 Å². The normalized spacial score (nSPS) is 10.4. The SMILES string of the molecule is N#CCc1ccc(NC(=O)C(=O)N/N=C/c2cccc(OCc3ccccc3F)c2)cc1. The fourth-order valence-electron chi connectivity index (χ4n) is 2.66. The van der Waals surface area contributed by atoms with Gasteiger partial charge in [-0.3, -0.25) is 9.59 Å². The topological polar surface area (TPSA) is 104 Å². The molecule has 0 atom stereocenters. The predicted molar refractivity (Wildman–Crippen MR) is 117 cm³/mol. The highest BCUT2D eigenvalue weighted by molar-refractivity contribution is 6.39. The zero-order valence-corrected chi connectivity index (χ0v) is 16.9. The van der Waals surface area contributed by atoms with Gasteiger partial charge < -0.3 is 10.1 Å². The van der Waals surface area contributed by atoms with E-state index in [9.17, 15) is 14.0 Å². The number of hydrogen-bond donors (Lipinski definition) is 2. The van der Waals surface area contributed by atoms with Gasteiger partial charge in [-0.1, -0.05) is 42.5 Å². The van der Waals surface area contributed by atoms with Crippen LogP contribution in [0.25, 0.3) is 0 Å². The number of nitrogens with one attached hydrogen (secondary N) is 2. The smallest absolute Gasteiger partial charge is 0.329 e. The van der Waals surface area contributed by atoms with Crippen molar-refractivity contribution in [2.24, 2.45) is 5.10 Å². The Morgan fingerprint density at radius 1 is 1.03 bits per heavy atom. The Morgan fingerprint density at radius 3 is 2.56 bits per heavy atom. The van der Waals surface area contributed by atoms with Crippen LogP contribution in [0.15, 0.2) is 77.9 Å². The Kier molecular flexibility index (Phi) is 7.65. The third-order valence-electron chi connectivity index (χ3n) is 4.29. The first-order valence-corrected chi connectivity index (χ1v) is 9.61. The van der Waals surface area contributed by atoms with Gasteiger partial charge in [0.15, 0.2) is 0 Å². The molecule has 2 amide bonds. The maximum absolute atomic E-state index is 13.7. The van der Waals surface area contributed by atoms with Crippen LogP contribution in [0.3, 0.4) is 0 Å². The molecule has 0 radical (unpaired) electrons. The van der Waals surface area contributed by atoms with Crippen LogP contribution in [0.1, 0.15) is 16.7 Å². The molecule has 0 aliphatic heterocycles. The minimum Gasteiger partial charge on any atom is -0.489 e. The summed E-state index contributed by atoms with van der Waals surface area (Å²) in [5.74, 6) is -1.66. The van der Waals surface area contributed by atoms with E-state index in [0.717, 1.165) is 5.56 Å². The van der Waals surface area contributed by atoms with Gasteiger partial charge in [0.1, 0.15) is 18.2 Å². The lowest BCUT2D eigenvalue weighted by Gasteiger charge is -2.07. The summed E-state index contributed by atoms with van der Waals surface area (Å²) in [6, 6.07) is 21.8. The molecule has 8 heteroatoms. The molecule has 0 saturated carbocycles. The summed E-state index contributed by atoms with van der Waals surface area (Å²) in [5, 5.41) is 14.9. The average molecular weight is 430 g/mol. The molecule has 0 aliphatic rings. The zero-order chi connectivity index (χ0) is 22.8. The van der Waals surface area contributed by atoms with Crippen LogP contribution in [-0.4, -0.2) is 18.0 Å². The van der Waals surface area contributed by atoms with Gasteiger partial charge in [-0.15, -0.1) is 0 Å². The molecule has 0 heterocycles. The third-order valence-corrected chi connectivity index (χ3v) is 4.29. The zero-order valence-electron chi connectivity index (χ0n) is 16.9.